The second-order valence-electron chi connectivity index (χ2n) is 6.56. The average Bonchev–Trinajstić information content (AvgIpc) is 2.95. The molecule has 1 heterocycles. The van der Waals surface area contributed by atoms with Crippen molar-refractivity contribution in [2.45, 2.75) is 19.9 Å². The van der Waals surface area contributed by atoms with Gasteiger partial charge in [0.15, 0.2) is 6.61 Å². The highest BCUT2D eigenvalue weighted by molar-refractivity contribution is 8.26. The number of carbonyl (C=O) groups is 2. The number of hydrogen-bond acceptors (Lipinski definition) is 5. The minimum Gasteiger partial charge on any atom is -0.484 e. The van der Waals surface area contributed by atoms with Gasteiger partial charge < -0.3 is 10.1 Å². The van der Waals surface area contributed by atoms with Crippen LogP contribution in [0.3, 0.4) is 0 Å². The van der Waals surface area contributed by atoms with E-state index in [2.05, 4.69) is 5.32 Å². The van der Waals surface area contributed by atoms with Crippen molar-refractivity contribution in [1.82, 2.24) is 4.90 Å². The van der Waals surface area contributed by atoms with Crippen molar-refractivity contribution in [3.63, 3.8) is 0 Å². The summed E-state index contributed by atoms with van der Waals surface area (Å²) in [4.78, 5) is 26.6. The van der Waals surface area contributed by atoms with Crippen molar-refractivity contribution in [1.29, 1.82) is 0 Å². The highest BCUT2D eigenvalue weighted by Gasteiger charge is 2.33. The van der Waals surface area contributed by atoms with Gasteiger partial charge in [0.2, 0.25) is 0 Å². The molecule has 29 heavy (non-hydrogen) atoms. The van der Waals surface area contributed by atoms with Gasteiger partial charge in [-0.1, -0.05) is 36.1 Å². The third kappa shape index (κ3) is 5.42. The van der Waals surface area contributed by atoms with Crippen molar-refractivity contribution < 1.29 is 18.7 Å². The number of hydrogen-bond donors (Lipinski definition) is 1. The fourth-order valence-electron chi connectivity index (χ4n) is 2.65. The number of anilines is 1. The lowest BCUT2D eigenvalue weighted by Crippen LogP contribution is -2.34. The van der Waals surface area contributed by atoms with Crippen molar-refractivity contribution >= 4 is 51.9 Å². The first kappa shape index (κ1) is 21.0. The minimum absolute atomic E-state index is 0.00249. The van der Waals surface area contributed by atoms with Crippen LogP contribution in [0, 0.1) is 5.82 Å². The molecular weight excluding hydrogens is 411 g/mol. The SMILES string of the molecule is CC(C)N1C(=O)/C(=C\c2cccc(OCC(=O)Nc3ccc(F)cc3)c2)SC1=S. The second-order valence-corrected chi connectivity index (χ2v) is 8.24. The summed E-state index contributed by atoms with van der Waals surface area (Å²) in [5, 5.41) is 2.63. The van der Waals surface area contributed by atoms with Crippen LogP contribution in [0.4, 0.5) is 10.1 Å². The minimum atomic E-state index is -0.374. The van der Waals surface area contributed by atoms with E-state index >= 15 is 0 Å². The molecule has 0 radical (unpaired) electrons. The van der Waals surface area contributed by atoms with Crippen LogP contribution in [0.5, 0.6) is 5.75 Å². The molecule has 2 aromatic carbocycles. The maximum atomic E-state index is 12.9. The molecule has 1 fully saturated rings. The van der Waals surface area contributed by atoms with Crippen LogP contribution in [0.25, 0.3) is 6.08 Å². The maximum absolute atomic E-state index is 12.9. The Kier molecular flexibility index (Phi) is 6.66. The van der Waals surface area contributed by atoms with Gasteiger partial charge in [-0.25, -0.2) is 4.39 Å². The monoisotopic (exact) mass is 430 g/mol. The highest BCUT2D eigenvalue weighted by atomic mass is 32.2. The number of amides is 2. The van der Waals surface area contributed by atoms with Gasteiger partial charge in [0, 0.05) is 11.7 Å². The number of halogens is 1. The first-order valence-electron chi connectivity index (χ1n) is 8.89. The predicted molar refractivity (Wildman–Crippen MR) is 117 cm³/mol. The maximum Gasteiger partial charge on any atom is 0.266 e. The molecule has 1 aliphatic rings. The van der Waals surface area contributed by atoms with Crippen LogP contribution in [0.1, 0.15) is 19.4 Å². The largest absolute Gasteiger partial charge is 0.484 e. The molecule has 1 aliphatic heterocycles. The van der Waals surface area contributed by atoms with Crippen molar-refractivity contribution in [2.24, 2.45) is 0 Å². The number of carbonyl (C=O) groups excluding carboxylic acids is 2. The Hall–Kier alpha value is -2.71. The number of thioether (sulfide) groups is 1. The number of benzene rings is 2. The summed E-state index contributed by atoms with van der Waals surface area (Å²) in [6, 6.07) is 12.6. The Bertz CT molecular complexity index is 974. The standard InChI is InChI=1S/C21H19FN2O3S2/c1-13(2)24-20(26)18(29-21(24)28)11-14-4-3-5-17(10-14)27-12-19(25)23-16-8-6-15(22)7-9-16/h3-11,13H,12H2,1-2H3,(H,23,25)/b18-11+. The first-order valence-corrected chi connectivity index (χ1v) is 10.1. The van der Waals surface area contributed by atoms with Gasteiger partial charge in [-0.2, -0.15) is 0 Å². The molecule has 5 nitrogen and oxygen atoms in total. The van der Waals surface area contributed by atoms with E-state index in [0.29, 0.717) is 20.7 Å². The summed E-state index contributed by atoms with van der Waals surface area (Å²) in [5.41, 5.74) is 1.26. The Morgan fingerprint density at radius 3 is 2.66 bits per heavy atom. The molecule has 0 bridgehead atoms. The third-order valence-electron chi connectivity index (χ3n) is 3.99. The zero-order valence-electron chi connectivity index (χ0n) is 15.8. The normalized spacial score (nSPS) is 15.3. The number of nitrogens with one attached hydrogen (secondary N) is 1. The van der Waals surface area contributed by atoms with E-state index in [1.165, 1.54) is 36.0 Å². The van der Waals surface area contributed by atoms with Crippen LogP contribution in [-0.4, -0.2) is 33.7 Å². The fourth-order valence-corrected chi connectivity index (χ4v) is 4.17. The molecule has 0 spiro atoms. The molecule has 0 aromatic heterocycles. The van der Waals surface area contributed by atoms with Crippen LogP contribution in [0.2, 0.25) is 0 Å². The molecule has 150 valence electrons. The Balaban J connectivity index is 1.62. The summed E-state index contributed by atoms with van der Waals surface area (Å²) < 4.78 is 19.0. The van der Waals surface area contributed by atoms with Gasteiger partial charge in [0.25, 0.3) is 11.8 Å². The average molecular weight is 431 g/mol. The van der Waals surface area contributed by atoms with Crippen LogP contribution in [0.15, 0.2) is 53.4 Å². The molecule has 1 N–H and O–H groups in total. The Morgan fingerprint density at radius 2 is 2.00 bits per heavy atom. The number of thiocarbonyl (C=S) groups is 1. The summed E-state index contributed by atoms with van der Waals surface area (Å²) in [7, 11) is 0. The van der Waals surface area contributed by atoms with Crippen LogP contribution in [-0.2, 0) is 9.59 Å². The van der Waals surface area contributed by atoms with Crippen molar-refractivity contribution in [2.75, 3.05) is 11.9 Å². The highest BCUT2D eigenvalue weighted by Crippen LogP contribution is 2.34. The van der Waals surface area contributed by atoms with E-state index in [0.717, 1.165) is 5.56 Å². The van der Waals surface area contributed by atoms with Gasteiger partial charge >= 0.3 is 0 Å². The summed E-state index contributed by atoms with van der Waals surface area (Å²) in [6.45, 7) is 3.63. The second kappa shape index (κ2) is 9.19. The molecule has 8 heteroatoms. The molecule has 0 saturated carbocycles. The lowest BCUT2D eigenvalue weighted by atomic mass is 10.2. The van der Waals surface area contributed by atoms with E-state index in [-0.39, 0.29) is 30.3 Å². The van der Waals surface area contributed by atoms with Gasteiger partial charge in [-0.3, -0.25) is 14.5 Å². The van der Waals surface area contributed by atoms with E-state index in [1.54, 1.807) is 29.2 Å². The molecule has 1 saturated heterocycles. The molecule has 2 amide bonds. The predicted octanol–water partition coefficient (Wildman–Crippen LogP) is 4.45. The smallest absolute Gasteiger partial charge is 0.266 e. The lowest BCUT2D eigenvalue weighted by molar-refractivity contribution is -0.123. The summed E-state index contributed by atoms with van der Waals surface area (Å²) in [5.74, 6) is -0.353. The van der Waals surface area contributed by atoms with Crippen LogP contribution < -0.4 is 10.1 Å². The number of nitrogens with zero attached hydrogens (tertiary/aromatic N) is 1. The lowest BCUT2D eigenvalue weighted by Gasteiger charge is -2.18. The zero-order chi connectivity index (χ0) is 21.0. The van der Waals surface area contributed by atoms with E-state index in [4.69, 9.17) is 17.0 Å². The van der Waals surface area contributed by atoms with Gasteiger partial charge in [0.05, 0.1) is 4.91 Å². The van der Waals surface area contributed by atoms with E-state index in [1.807, 2.05) is 19.9 Å². The molecule has 3 rings (SSSR count). The van der Waals surface area contributed by atoms with Gasteiger partial charge in [-0.05, 0) is 61.9 Å². The van der Waals surface area contributed by atoms with E-state index in [9.17, 15) is 14.0 Å². The fraction of sp³-hybridized carbons (Fsp3) is 0.190. The number of rotatable bonds is 6. The number of ether oxygens (including phenoxy) is 1. The molecule has 0 aliphatic carbocycles. The third-order valence-corrected chi connectivity index (χ3v) is 5.32. The van der Waals surface area contributed by atoms with Gasteiger partial charge in [-0.15, -0.1) is 0 Å². The first-order chi connectivity index (χ1) is 13.8. The Morgan fingerprint density at radius 1 is 1.28 bits per heavy atom. The summed E-state index contributed by atoms with van der Waals surface area (Å²) >= 11 is 6.55. The van der Waals surface area contributed by atoms with E-state index < -0.39 is 0 Å². The molecular formula is C21H19FN2O3S2. The molecule has 0 atom stereocenters. The molecule has 2 aromatic rings. The van der Waals surface area contributed by atoms with Crippen LogP contribution >= 0.6 is 24.0 Å². The summed E-state index contributed by atoms with van der Waals surface area (Å²) in [6.07, 6.45) is 1.76. The molecule has 0 unspecified atom stereocenters. The topological polar surface area (TPSA) is 58.6 Å². The Labute approximate surface area is 177 Å². The van der Waals surface area contributed by atoms with Crippen molar-refractivity contribution in [3.05, 3.63) is 64.8 Å². The zero-order valence-corrected chi connectivity index (χ0v) is 17.5. The quantitative estimate of drug-likeness (QED) is 0.542. The van der Waals surface area contributed by atoms with Crippen molar-refractivity contribution in [3.8, 4) is 5.75 Å². The van der Waals surface area contributed by atoms with Gasteiger partial charge in [0.1, 0.15) is 15.9 Å².